The molecule has 1 rings (SSSR count). The van der Waals surface area contributed by atoms with Crippen LogP contribution in [0.4, 0.5) is 0 Å². The highest BCUT2D eigenvalue weighted by atomic mass is 31.2. The zero-order chi connectivity index (χ0) is 12.2. The first-order valence-electron chi connectivity index (χ1n) is 5.02. The summed E-state index contributed by atoms with van der Waals surface area (Å²) in [5, 5.41) is 0.303. The molecular formula is C11H15O4P. The highest BCUT2D eigenvalue weighted by Gasteiger charge is 2.21. The lowest BCUT2D eigenvalue weighted by Gasteiger charge is -2.11. The quantitative estimate of drug-likeness (QED) is 0.645. The van der Waals surface area contributed by atoms with Gasteiger partial charge < -0.3 is 9.63 Å². The van der Waals surface area contributed by atoms with E-state index in [2.05, 4.69) is 4.74 Å². The smallest absolute Gasteiger partial charge is 0.337 e. The minimum Gasteiger partial charge on any atom is -0.465 e. The van der Waals surface area contributed by atoms with Crippen LogP contribution in [0.1, 0.15) is 23.7 Å². The molecule has 0 heterocycles. The molecule has 0 saturated heterocycles. The largest absolute Gasteiger partial charge is 0.465 e. The Morgan fingerprint density at radius 1 is 1.50 bits per heavy atom. The van der Waals surface area contributed by atoms with Crippen molar-refractivity contribution in [2.75, 3.05) is 13.3 Å². The Morgan fingerprint density at radius 2 is 2.19 bits per heavy atom. The molecule has 0 spiro atoms. The summed E-state index contributed by atoms with van der Waals surface area (Å²) in [4.78, 5) is 21.0. The molecule has 1 N–H and O–H groups in total. The number of methoxy groups -OCH3 is 1. The third kappa shape index (κ3) is 2.94. The molecule has 1 unspecified atom stereocenters. The van der Waals surface area contributed by atoms with Crippen LogP contribution in [0.5, 0.6) is 0 Å². The molecule has 16 heavy (non-hydrogen) atoms. The maximum absolute atomic E-state index is 11.9. The van der Waals surface area contributed by atoms with Gasteiger partial charge in [0, 0.05) is 11.5 Å². The van der Waals surface area contributed by atoms with Gasteiger partial charge in [-0.2, -0.15) is 0 Å². The number of esters is 1. The summed E-state index contributed by atoms with van der Waals surface area (Å²) in [5.74, 6) is -0.502. The van der Waals surface area contributed by atoms with Crippen molar-refractivity contribution in [2.45, 2.75) is 13.3 Å². The van der Waals surface area contributed by atoms with E-state index in [1.54, 1.807) is 18.2 Å². The molecule has 0 radical (unpaired) electrons. The Hall–Kier alpha value is -1.12. The van der Waals surface area contributed by atoms with Crippen LogP contribution in [-0.4, -0.2) is 24.1 Å². The maximum atomic E-state index is 11.9. The third-order valence-electron chi connectivity index (χ3n) is 2.20. The van der Waals surface area contributed by atoms with Crippen molar-refractivity contribution in [1.82, 2.24) is 0 Å². The normalized spacial score (nSPS) is 14.2. The fourth-order valence-electron chi connectivity index (χ4n) is 1.40. The molecule has 0 bridgehead atoms. The maximum Gasteiger partial charge on any atom is 0.337 e. The molecule has 5 heteroatoms. The average molecular weight is 242 g/mol. The lowest BCUT2D eigenvalue weighted by molar-refractivity contribution is 0.0601. The van der Waals surface area contributed by atoms with E-state index in [4.69, 9.17) is 0 Å². The first-order valence-corrected chi connectivity index (χ1v) is 6.86. The van der Waals surface area contributed by atoms with Gasteiger partial charge in [0.05, 0.1) is 12.7 Å². The molecule has 1 aromatic carbocycles. The molecule has 0 aromatic heterocycles. The van der Waals surface area contributed by atoms with Gasteiger partial charge in [0.25, 0.3) is 0 Å². The first kappa shape index (κ1) is 12.9. The average Bonchev–Trinajstić information content (AvgIpc) is 2.28. The monoisotopic (exact) mass is 242 g/mol. The van der Waals surface area contributed by atoms with Crippen LogP contribution in [0.3, 0.4) is 0 Å². The fraction of sp³-hybridized carbons (Fsp3) is 0.364. The second kappa shape index (κ2) is 5.28. The molecule has 1 aromatic rings. The zero-order valence-corrected chi connectivity index (χ0v) is 10.2. The second-order valence-electron chi connectivity index (χ2n) is 3.47. The standard InChI is InChI=1S/C11H15O4P/c1-3-7-16(13,14)10-6-4-5-9(8-10)11(12)15-2/h4-6,8H,3,7H2,1-2H3,(H,13,14). The van der Waals surface area contributed by atoms with E-state index in [0.717, 1.165) is 0 Å². The number of rotatable bonds is 4. The van der Waals surface area contributed by atoms with Gasteiger partial charge in [-0.3, -0.25) is 4.57 Å². The number of ether oxygens (including phenoxy) is 1. The first-order chi connectivity index (χ1) is 7.51. The minimum atomic E-state index is -3.33. The number of carbonyl (C=O) groups excluding carboxylic acids is 1. The van der Waals surface area contributed by atoms with Gasteiger partial charge in [-0.05, 0) is 24.6 Å². The predicted octanol–water partition coefficient (Wildman–Crippen LogP) is 1.78. The van der Waals surface area contributed by atoms with Gasteiger partial charge in [0.15, 0.2) is 0 Å². The van der Waals surface area contributed by atoms with Gasteiger partial charge in [-0.15, -0.1) is 0 Å². The molecule has 0 aliphatic rings. The van der Waals surface area contributed by atoms with Crippen molar-refractivity contribution in [3.63, 3.8) is 0 Å². The van der Waals surface area contributed by atoms with Crippen molar-refractivity contribution in [1.29, 1.82) is 0 Å². The fourth-order valence-corrected chi connectivity index (χ4v) is 2.92. The summed E-state index contributed by atoms with van der Waals surface area (Å²) < 4.78 is 16.4. The van der Waals surface area contributed by atoms with E-state index in [1.807, 2.05) is 6.92 Å². The topological polar surface area (TPSA) is 63.6 Å². The zero-order valence-electron chi connectivity index (χ0n) is 9.34. The molecule has 0 saturated carbocycles. The summed E-state index contributed by atoms with van der Waals surface area (Å²) in [6.07, 6.45) is 0.841. The lowest BCUT2D eigenvalue weighted by atomic mass is 10.2. The summed E-state index contributed by atoms with van der Waals surface area (Å²) >= 11 is 0. The summed E-state index contributed by atoms with van der Waals surface area (Å²) in [6, 6.07) is 6.12. The van der Waals surface area contributed by atoms with Crippen molar-refractivity contribution in [3.8, 4) is 0 Å². The van der Waals surface area contributed by atoms with Gasteiger partial charge in [0.2, 0.25) is 7.37 Å². The van der Waals surface area contributed by atoms with Crippen LogP contribution in [0.15, 0.2) is 24.3 Å². The van der Waals surface area contributed by atoms with E-state index in [0.29, 0.717) is 17.3 Å². The van der Waals surface area contributed by atoms with Gasteiger partial charge in [0.1, 0.15) is 0 Å². The van der Waals surface area contributed by atoms with E-state index < -0.39 is 13.3 Å². The van der Waals surface area contributed by atoms with Crippen molar-refractivity contribution in [2.24, 2.45) is 0 Å². The van der Waals surface area contributed by atoms with E-state index >= 15 is 0 Å². The van der Waals surface area contributed by atoms with Crippen LogP contribution in [-0.2, 0) is 9.30 Å². The molecule has 0 aliphatic heterocycles. The van der Waals surface area contributed by atoms with Crippen LogP contribution < -0.4 is 5.30 Å². The number of hydrogen-bond donors (Lipinski definition) is 1. The molecule has 0 aliphatic carbocycles. The van der Waals surface area contributed by atoms with Gasteiger partial charge in [-0.25, -0.2) is 4.79 Å². The Bertz CT molecular complexity index is 428. The molecule has 1 atom stereocenters. The SMILES string of the molecule is CCCP(=O)(O)c1cccc(C(=O)OC)c1. The predicted molar refractivity (Wildman–Crippen MR) is 62.4 cm³/mol. The molecular weight excluding hydrogens is 227 g/mol. The van der Waals surface area contributed by atoms with Gasteiger partial charge in [-0.1, -0.05) is 13.0 Å². The molecule has 0 amide bonds. The van der Waals surface area contributed by atoms with Crippen LogP contribution in [0, 0.1) is 0 Å². The Balaban J connectivity index is 3.07. The molecule has 4 nitrogen and oxygen atoms in total. The highest BCUT2D eigenvalue weighted by Crippen LogP contribution is 2.39. The van der Waals surface area contributed by atoms with Crippen molar-refractivity contribution >= 4 is 18.6 Å². The highest BCUT2D eigenvalue weighted by molar-refractivity contribution is 7.66. The summed E-state index contributed by atoms with van der Waals surface area (Å²) in [7, 11) is -2.05. The van der Waals surface area contributed by atoms with E-state index in [1.165, 1.54) is 13.2 Å². The lowest BCUT2D eigenvalue weighted by Crippen LogP contribution is -2.11. The third-order valence-corrected chi connectivity index (χ3v) is 4.34. The van der Waals surface area contributed by atoms with Gasteiger partial charge >= 0.3 is 5.97 Å². The summed E-state index contributed by atoms with van der Waals surface area (Å²) in [6.45, 7) is 1.84. The van der Waals surface area contributed by atoms with E-state index in [9.17, 15) is 14.3 Å². The van der Waals surface area contributed by atoms with Crippen LogP contribution in [0.2, 0.25) is 0 Å². The Labute approximate surface area is 94.7 Å². The molecule has 88 valence electrons. The summed E-state index contributed by atoms with van der Waals surface area (Å²) in [5.41, 5.74) is 0.297. The van der Waals surface area contributed by atoms with E-state index in [-0.39, 0.29) is 6.16 Å². The number of carbonyl (C=O) groups is 1. The van der Waals surface area contributed by atoms with Crippen LogP contribution in [0.25, 0.3) is 0 Å². The van der Waals surface area contributed by atoms with Crippen molar-refractivity contribution in [3.05, 3.63) is 29.8 Å². The Morgan fingerprint density at radius 3 is 2.75 bits per heavy atom. The molecule has 0 fully saturated rings. The van der Waals surface area contributed by atoms with Crippen molar-refractivity contribution < 1.29 is 19.0 Å². The van der Waals surface area contributed by atoms with Crippen LogP contribution >= 0.6 is 7.37 Å². The second-order valence-corrected chi connectivity index (χ2v) is 5.83. The number of hydrogen-bond acceptors (Lipinski definition) is 3. The Kier molecular flexibility index (Phi) is 4.27. The minimum absolute atomic E-state index is 0.220. The number of benzene rings is 1.